The van der Waals surface area contributed by atoms with Gasteiger partial charge in [-0.05, 0) is 0 Å². The van der Waals surface area contributed by atoms with E-state index in [0.29, 0.717) is 15.0 Å². The van der Waals surface area contributed by atoms with E-state index in [1.807, 2.05) is 0 Å². The summed E-state index contributed by atoms with van der Waals surface area (Å²) in [6, 6.07) is 15.6. The first-order valence-corrected chi connectivity index (χ1v) is 8.16. The van der Waals surface area contributed by atoms with E-state index in [2.05, 4.69) is 67.2 Å². The molecule has 0 N–H and O–H groups in total. The fourth-order valence-corrected chi connectivity index (χ4v) is 5.43. The third-order valence-electron chi connectivity index (χ3n) is 3.82. The summed E-state index contributed by atoms with van der Waals surface area (Å²) in [7, 11) is 2.15. The number of rotatable bonds is 0. The second-order valence-electron chi connectivity index (χ2n) is 5.05. The zero-order valence-corrected chi connectivity index (χ0v) is 12.7. The van der Waals surface area contributed by atoms with Crippen LogP contribution in [0.1, 0.15) is 5.56 Å². The molecule has 1 nitrogen and oxygen atoms in total. The molecule has 2 aromatic carbocycles. The SMILES string of the molecule is Cc1ccc2cccc3c2c1-c1c(ccc[n+]1C)[Se]3. The van der Waals surface area contributed by atoms with Gasteiger partial charge >= 0.3 is 119 Å². The molecule has 0 fully saturated rings. The van der Waals surface area contributed by atoms with Crippen LogP contribution >= 0.6 is 0 Å². The van der Waals surface area contributed by atoms with Crippen molar-refractivity contribution in [2.75, 3.05) is 0 Å². The van der Waals surface area contributed by atoms with E-state index in [-0.39, 0.29) is 0 Å². The van der Waals surface area contributed by atoms with Crippen molar-refractivity contribution in [1.82, 2.24) is 0 Å². The molecule has 3 aromatic rings. The van der Waals surface area contributed by atoms with Gasteiger partial charge in [-0.2, -0.15) is 0 Å². The van der Waals surface area contributed by atoms with E-state index < -0.39 is 0 Å². The molecule has 0 radical (unpaired) electrons. The molecule has 0 aliphatic carbocycles. The molecule has 19 heavy (non-hydrogen) atoms. The Morgan fingerprint density at radius 2 is 1.79 bits per heavy atom. The van der Waals surface area contributed by atoms with Crippen molar-refractivity contribution in [3.8, 4) is 11.3 Å². The van der Waals surface area contributed by atoms with E-state index in [4.69, 9.17) is 0 Å². The maximum absolute atomic E-state index is 2.29. The van der Waals surface area contributed by atoms with Gasteiger partial charge in [0.05, 0.1) is 0 Å². The Labute approximate surface area is 119 Å². The number of nitrogens with zero attached hydrogens (tertiary/aromatic N) is 1. The topological polar surface area (TPSA) is 3.88 Å². The molecule has 1 aromatic heterocycles. The van der Waals surface area contributed by atoms with Crippen molar-refractivity contribution >= 4 is 34.7 Å². The van der Waals surface area contributed by atoms with Crippen molar-refractivity contribution in [1.29, 1.82) is 0 Å². The van der Waals surface area contributed by atoms with Gasteiger partial charge < -0.3 is 0 Å². The second-order valence-corrected chi connectivity index (χ2v) is 7.32. The van der Waals surface area contributed by atoms with E-state index in [1.165, 1.54) is 36.5 Å². The van der Waals surface area contributed by atoms with Gasteiger partial charge in [0.15, 0.2) is 0 Å². The number of aryl methyl sites for hydroxylation is 2. The summed E-state index contributed by atoms with van der Waals surface area (Å²) in [6.45, 7) is 2.22. The zero-order valence-electron chi connectivity index (χ0n) is 11.0. The maximum atomic E-state index is 2.29. The normalized spacial score (nSPS) is 12.5. The van der Waals surface area contributed by atoms with Crippen LogP contribution in [0.3, 0.4) is 0 Å². The number of aromatic nitrogens is 1. The van der Waals surface area contributed by atoms with Crippen LogP contribution in [0.2, 0.25) is 0 Å². The summed E-state index contributed by atoms with van der Waals surface area (Å²) < 4.78 is 5.28. The first kappa shape index (κ1) is 11.2. The van der Waals surface area contributed by atoms with Gasteiger partial charge in [0.25, 0.3) is 0 Å². The van der Waals surface area contributed by atoms with Crippen LogP contribution in [0, 0.1) is 6.92 Å². The van der Waals surface area contributed by atoms with Crippen LogP contribution < -0.4 is 13.5 Å². The average molecular weight is 311 g/mol. The minimum atomic E-state index is 0.411. The third kappa shape index (κ3) is 1.51. The Bertz CT molecular complexity index is 821. The molecule has 2 heteroatoms. The van der Waals surface area contributed by atoms with Gasteiger partial charge in [-0.1, -0.05) is 0 Å². The molecule has 0 bridgehead atoms. The molecule has 1 aliphatic rings. The van der Waals surface area contributed by atoms with Crippen molar-refractivity contribution < 1.29 is 4.57 Å². The molecular weight excluding hydrogens is 297 g/mol. The number of fused-ring (bicyclic) bond motifs is 2. The molecule has 0 atom stereocenters. The molecule has 0 saturated carbocycles. The van der Waals surface area contributed by atoms with Crippen molar-refractivity contribution in [3.63, 3.8) is 0 Å². The van der Waals surface area contributed by atoms with Crippen molar-refractivity contribution in [3.05, 3.63) is 54.2 Å². The van der Waals surface area contributed by atoms with E-state index in [0.717, 1.165) is 0 Å². The molecule has 2 heterocycles. The van der Waals surface area contributed by atoms with Gasteiger partial charge in [-0.25, -0.2) is 0 Å². The van der Waals surface area contributed by atoms with Crippen LogP contribution in [-0.4, -0.2) is 15.0 Å². The molecule has 0 spiro atoms. The van der Waals surface area contributed by atoms with Gasteiger partial charge in [0.1, 0.15) is 0 Å². The number of hydrogen-bond acceptors (Lipinski definition) is 0. The fraction of sp³-hybridized carbons (Fsp3) is 0.118. The Morgan fingerprint density at radius 3 is 2.68 bits per heavy atom. The summed E-state index contributed by atoms with van der Waals surface area (Å²) in [5.41, 5.74) is 4.21. The van der Waals surface area contributed by atoms with Crippen LogP contribution in [0.4, 0.5) is 0 Å². The van der Waals surface area contributed by atoms with E-state index >= 15 is 0 Å². The molecule has 0 saturated heterocycles. The number of hydrogen-bond donors (Lipinski definition) is 0. The van der Waals surface area contributed by atoms with Gasteiger partial charge in [0.2, 0.25) is 0 Å². The quantitative estimate of drug-likeness (QED) is 0.343. The van der Waals surface area contributed by atoms with Crippen molar-refractivity contribution in [2.45, 2.75) is 6.92 Å². The number of pyridine rings is 1. The molecule has 0 amide bonds. The first-order valence-electron chi connectivity index (χ1n) is 6.45. The predicted octanol–water partition coefficient (Wildman–Crippen LogP) is 1.61. The summed E-state index contributed by atoms with van der Waals surface area (Å²) in [4.78, 5) is 0. The van der Waals surface area contributed by atoms with Crippen LogP contribution in [0.25, 0.3) is 22.0 Å². The summed E-state index contributed by atoms with van der Waals surface area (Å²) >= 11 is 0.411. The first-order chi connectivity index (χ1) is 9.25. The Kier molecular flexibility index (Phi) is 2.32. The summed E-state index contributed by atoms with van der Waals surface area (Å²) in [6.07, 6.45) is 2.15. The standard InChI is InChI=1S/C17H14NSe/c1-11-8-9-12-5-3-6-13-16(12)15(11)17-14(19-13)7-4-10-18(17)2/h3-10H,1-2H3/q+1. The van der Waals surface area contributed by atoms with Gasteiger partial charge in [-0.15, -0.1) is 0 Å². The number of benzene rings is 2. The van der Waals surface area contributed by atoms with E-state index in [9.17, 15) is 0 Å². The monoisotopic (exact) mass is 312 g/mol. The molecule has 0 unspecified atom stereocenters. The molecule has 92 valence electrons. The van der Waals surface area contributed by atoms with E-state index in [1.54, 1.807) is 0 Å². The van der Waals surface area contributed by atoms with Gasteiger partial charge in [-0.3, -0.25) is 0 Å². The summed E-state index contributed by atoms with van der Waals surface area (Å²) in [5.74, 6) is 0. The van der Waals surface area contributed by atoms with Crippen LogP contribution in [0.5, 0.6) is 0 Å². The third-order valence-corrected chi connectivity index (χ3v) is 6.14. The van der Waals surface area contributed by atoms with Crippen molar-refractivity contribution in [2.24, 2.45) is 7.05 Å². The molecular formula is C17H14NSe+. The van der Waals surface area contributed by atoms with Crippen LogP contribution in [-0.2, 0) is 7.05 Å². The molecule has 4 rings (SSSR count). The van der Waals surface area contributed by atoms with Crippen LogP contribution in [0.15, 0.2) is 48.7 Å². The van der Waals surface area contributed by atoms with Gasteiger partial charge in [0, 0.05) is 0 Å². The summed E-state index contributed by atoms with van der Waals surface area (Å²) in [5, 5.41) is 2.84. The zero-order chi connectivity index (χ0) is 13.0. The minimum absolute atomic E-state index is 0.411. The Balaban J connectivity index is 2.26. The Hall–Kier alpha value is -1.63. The Morgan fingerprint density at radius 1 is 0.947 bits per heavy atom. The second kappa shape index (κ2) is 3.93. The fourth-order valence-electron chi connectivity index (χ4n) is 2.93. The average Bonchev–Trinajstić information content (AvgIpc) is 2.42. The predicted molar refractivity (Wildman–Crippen MR) is 80.3 cm³/mol. The molecule has 1 aliphatic heterocycles.